The summed E-state index contributed by atoms with van der Waals surface area (Å²) >= 11 is 0. The van der Waals surface area contributed by atoms with E-state index < -0.39 is 25.8 Å². The first-order valence-corrected chi connectivity index (χ1v) is 4.90. The van der Waals surface area contributed by atoms with Crippen LogP contribution in [0.1, 0.15) is 13.8 Å². The lowest BCUT2D eigenvalue weighted by molar-refractivity contribution is -0.236. The lowest BCUT2D eigenvalue weighted by Gasteiger charge is -2.28. The Morgan fingerprint density at radius 3 is 1.86 bits per heavy atom. The largest absolute Gasteiger partial charge is 0.470 e. The molecule has 0 aliphatic heterocycles. The minimum atomic E-state index is -5.20. The van der Waals surface area contributed by atoms with Crippen molar-refractivity contribution in [3.63, 3.8) is 0 Å². The van der Waals surface area contributed by atoms with E-state index in [0.717, 1.165) is 0 Å². The van der Waals surface area contributed by atoms with Crippen LogP contribution in [-0.2, 0) is 9.09 Å². The van der Waals surface area contributed by atoms with E-state index in [2.05, 4.69) is 4.52 Å². The highest BCUT2D eigenvalue weighted by atomic mass is 31.2. The molecule has 0 saturated carbocycles. The molecule has 1 unspecified atom stereocenters. The molecule has 0 spiro atoms. The van der Waals surface area contributed by atoms with Crippen molar-refractivity contribution in [2.75, 3.05) is 0 Å². The van der Waals surface area contributed by atoms with Crippen molar-refractivity contribution in [1.82, 2.24) is 0 Å². The van der Waals surface area contributed by atoms with E-state index >= 15 is 0 Å². The van der Waals surface area contributed by atoms with Gasteiger partial charge in [0.2, 0.25) is 0 Å². The van der Waals surface area contributed by atoms with Crippen LogP contribution in [0.3, 0.4) is 0 Å². The second-order valence-electron chi connectivity index (χ2n) is 2.75. The normalized spacial score (nSPS) is 16.9. The standard InChI is InChI=1S/C5H9F4O4P/c1-3(13-14(10,11)12)5(8,9)4(2,6)7/h3H,1-2H3,(H2,10,11,12). The van der Waals surface area contributed by atoms with Gasteiger partial charge in [-0.3, -0.25) is 4.52 Å². The molecule has 9 heteroatoms. The van der Waals surface area contributed by atoms with Gasteiger partial charge in [0.15, 0.2) is 0 Å². The summed E-state index contributed by atoms with van der Waals surface area (Å²) < 4.78 is 63.3. The van der Waals surface area contributed by atoms with E-state index in [1.807, 2.05) is 0 Å². The predicted molar refractivity (Wildman–Crippen MR) is 38.2 cm³/mol. The van der Waals surface area contributed by atoms with Crippen LogP contribution in [0.15, 0.2) is 0 Å². The van der Waals surface area contributed by atoms with Crippen LogP contribution in [0, 0.1) is 0 Å². The minimum absolute atomic E-state index is 0.0630. The van der Waals surface area contributed by atoms with Gasteiger partial charge in [-0.25, -0.2) is 13.3 Å². The molecular formula is C5H9F4O4P. The summed E-state index contributed by atoms with van der Waals surface area (Å²) in [6, 6.07) is 0. The van der Waals surface area contributed by atoms with Crippen molar-refractivity contribution in [1.29, 1.82) is 0 Å². The second-order valence-corrected chi connectivity index (χ2v) is 3.94. The van der Waals surface area contributed by atoms with Crippen molar-refractivity contribution in [3.05, 3.63) is 0 Å². The monoisotopic (exact) mass is 240 g/mol. The maximum atomic E-state index is 12.6. The number of alkyl halides is 4. The summed E-state index contributed by atoms with van der Waals surface area (Å²) in [6.45, 7) is 0.392. The molecule has 86 valence electrons. The summed E-state index contributed by atoms with van der Waals surface area (Å²) in [6.07, 6.45) is -2.58. The molecule has 0 fully saturated rings. The number of hydrogen-bond donors (Lipinski definition) is 2. The van der Waals surface area contributed by atoms with Crippen LogP contribution in [0.25, 0.3) is 0 Å². The van der Waals surface area contributed by atoms with Gasteiger partial charge < -0.3 is 9.79 Å². The SMILES string of the molecule is CC(OP(=O)(O)O)C(F)(F)C(C)(F)F. The lowest BCUT2D eigenvalue weighted by atomic mass is 10.1. The fourth-order valence-corrected chi connectivity index (χ4v) is 1.17. The Bertz CT molecular complexity index is 245. The molecule has 0 heterocycles. The highest BCUT2D eigenvalue weighted by molar-refractivity contribution is 7.46. The number of hydrogen-bond acceptors (Lipinski definition) is 2. The van der Waals surface area contributed by atoms with Crippen LogP contribution in [0.4, 0.5) is 17.6 Å². The zero-order chi connectivity index (χ0) is 11.8. The molecule has 0 saturated heterocycles. The molecule has 2 N–H and O–H groups in total. The summed E-state index contributed by atoms with van der Waals surface area (Å²) in [5.74, 6) is -9.06. The molecule has 14 heavy (non-hydrogen) atoms. The molecule has 0 amide bonds. The average Bonchev–Trinajstić information content (AvgIpc) is 1.80. The first kappa shape index (κ1) is 13.8. The van der Waals surface area contributed by atoms with Gasteiger partial charge in [-0.05, 0) is 6.92 Å². The first-order chi connectivity index (χ1) is 5.88. The Labute approximate surface area is 77.1 Å². The average molecular weight is 240 g/mol. The maximum Gasteiger partial charge on any atom is 0.470 e. The molecule has 0 aliphatic carbocycles. The zero-order valence-corrected chi connectivity index (χ0v) is 8.14. The van der Waals surface area contributed by atoms with Gasteiger partial charge in [0, 0.05) is 6.92 Å². The van der Waals surface area contributed by atoms with Crippen molar-refractivity contribution < 1.29 is 36.4 Å². The molecule has 0 aromatic rings. The smallest absolute Gasteiger partial charge is 0.303 e. The summed E-state index contributed by atoms with van der Waals surface area (Å²) in [5, 5.41) is 0. The Morgan fingerprint density at radius 2 is 1.64 bits per heavy atom. The number of rotatable bonds is 4. The van der Waals surface area contributed by atoms with Gasteiger partial charge in [0.25, 0.3) is 0 Å². The topological polar surface area (TPSA) is 66.8 Å². The van der Waals surface area contributed by atoms with Crippen LogP contribution in [-0.4, -0.2) is 27.7 Å². The Kier molecular flexibility index (Phi) is 3.72. The Balaban J connectivity index is 4.69. The summed E-state index contributed by atoms with van der Waals surface area (Å²) in [5.41, 5.74) is 0. The van der Waals surface area contributed by atoms with Crippen LogP contribution >= 0.6 is 7.82 Å². The molecule has 0 aliphatic rings. The highest BCUT2D eigenvalue weighted by Crippen LogP contribution is 2.45. The van der Waals surface area contributed by atoms with Crippen molar-refractivity contribution in [2.24, 2.45) is 0 Å². The molecule has 4 nitrogen and oxygen atoms in total. The Hall–Kier alpha value is -0.170. The number of phosphoric ester groups is 1. The zero-order valence-electron chi connectivity index (χ0n) is 7.25. The third-order valence-corrected chi connectivity index (χ3v) is 1.98. The van der Waals surface area contributed by atoms with Gasteiger partial charge in [-0.15, -0.1) is 0 Å². The summed E-state index contributed by atoms with van der Waals surface area (Å²) in [4.78, 5) is 16.3. The minimum Gasteiger partial charge on any atom is -0.303 e. The number of halogens is 4. The molecular weight excluding hydrogens is 231 g/mol. The second kappa shape index (κ2) is 3.77. The molecule has 0 bridgehead atoms. The van der Waals surface area contributed by atoms with Crippen molar-refractivity contribution in [3.8, 4) is 0 Å². The van der Waals surface area contributed by atoms with Gasteiger partial charge in [-0.1, -0.05) is 0 Å². The third kappa shape index (κ3) is 3.53. The van der Waals surface area contributed by atoms with E-state index in [1.54, 1.807) is 0 Å². The van der Waals surface area contributed by atoms with Crippen molar-refractivity contribution >= 4 is 7.82 Å². The molecule has 0 radical (unpaired) electrons. The Morgan fingerprint density at radius 1 is 1.29 bits per heavy atom. The number of phosphoric acid groups is 1. The van der Waals surface area contributed by atoms with Crippen LogP contribution in [0.2, 0.25) is 0 Å². The molecule has 1 atom stereocenters. The third-order valence-electron chi connectivity index (χ3n) is 1.39. The summed E-state index contributed by atoms with van der Waals surface area (Å²) in [7, 11) is -5.20. The quantitative estimate of drug-likeness (QED) is 0.580. The maximum absolute atomic E-state index is 12.6. The van der Waals surface area contributed by atoms with Crippen LogP contribution < -0.4 is 0 Å². The molecule has 0 rings (SSSR count). The van der Waals surface area contributed by atoms with E-state index in [0.29, 0.717) is 6.92 Å². The molecule has 0 aromatic heterocycles. The lowest BCUT2D eigenvalue weighted by Crippen LogP contribution is -2.47. The van der Waals surface area contributed by atoms with E-state index in [1.165, 1.54) is 0 Å². The van der Waals surface area contributed by atoms with Gasteiger partial charge in [0.1, 0.15) is 6.10 Å². The van der Waals surface area contributed by atoms with Gasteiger partial charge >= 0.3 is 19.7 Å². The molecule has 0 aromatic carbocycles. The fourth-order valence-electron chi connectivity index (χ4n) is 0.629. The first-order valence-electron chi connectivity index (χ1n) is 3.37. The van der Waals surface area contributed by atoms with E-state index in [-0.39, 0.29) is 6.92 Å². The van der Waals surface area contributed by atoms with E-state index in [9.17, 15) is 22.1 Å². The highest BCUT2D eigenvalue weighted by Gasteiger charge is 2.58. The van der Waals surface area contributed by atoms with Gasteiger partial charge in [-0.2, -0.15) is 8.78 Å². The van der Waals surface area contributed by atoms with E-state index in [4.69, 9.17) is 9.79 Å². The predicted octanol–water partition coefficient (Wildman–Crippen LogP) is 1.77. The fraction of sp³-hybridized carbons (Fsp3) is 1.00. The van der Waals surface area contributed by atoms with Gasteiger partial charge in [0.05, 0.1) is 0 Å². The van der Waals surface area contributed by atoms with Crippen molar-refractivity contribution in [2.45, 2.75) is 31.8 Å². The van der Waals surface area contributed by atoms with Crippen LogP contribution in [0.5, 0.6) is 0 Å².